The Hall–Kier alpha value is -4.14. The van der Waals surface area contributed by atoms with Gasteiger partial charge in [-0.1, -0.05) is 29.0 Å². The predicted molar refractivity (Wildman–Crippen MR) is 178 cm³/mol. The zero-order valence-corrected chi connectivity index (χ0v) is 27.1. The van der Waals surface area contributed by atoms with Crippen LogP contribution in [0.3, 0.4) is 0 Å². The largest absolute Gasteiger partial charge is 0.486 e. The molecular formula is C33H30ClF3N8O2S. The highest BCUT2D eigenvalue weighted by atomic mass is 35.5. The van der Waals surface area contributed by atoms with E-state index < -0.39 is 23.3 Å². The summed E-state index contributed by atoms with van der Waals surface area (Å²) >= 11 is 8.06. The average Bonchev–Trinajstić information content (AvgIpc) is 3.71. The first-order valence-electron chi connectivity index (χ1n) is 15.9. The number of aromatic nitrogens is 4. The molecule has 3 fully saturated rings. The molecule has 3 aromatic heterocycles. The van der Waals surface area contributed by atoms with Crippen LogP contribution in [0.25, 0.3) is 32.2 Å². The lowest BCUT2D eigenvalue weighted by Gasteiger charge is -2.42. The molecule has 15 heteroatoms. The van der Waals surface area contributed by atoms with Crippen molar-refractivity contribution >= 4 is 60.8 Å². The predicted octanol–water partition coefficient (Wildman–Crippen LogP) is 6.28. The number of hydrogen-bond acceptors (Lipinski definition) is 11. The van der Waals surface area contributed by atoms with Crippen molar-refractivity contribution in [2.75, 3.05) is 36.1 Å². The van der Waals surface area contributed by atoms with Gasteiger partial charge in [0.05, 0.1) is 32.2 Å². The number of fused-ring (bicyclic) bond motifs is 3. The molecule has 4 aliphatic rings. The number of nitrogens with zero attached hydrogens (tertiary/aromatic N) is 6. The maximum absolute atomic E-state index is 17.2. The highest BCUT2D eigenvalue weighted by Gasteiger charge is 2.50. The fraction of sp³-hybridized carbons (Fsp3) is 0.394. The standard InChI is InChI=1S/C33H30ClF3N8O2S/c34-23-21(17-4-5-18(36)28-25(17)41-31(39)48-28)24(37)26-22-27(23)47-20-7-6-19(20)45(12-15-3-1-9-40-29(15)38)30(22)43-32(42-26)46-14-33-8-2-10-44(33)13-16(35)11-33/h1,3-5,9,16,19-20H,2,6-8,10-14H2,(H2,38,40)(H2,39,41)/t16-,19-,20-,33+/m1/s1. The van der Waals surface area contributed by atoms with E-state index in [4.69, 9.17) is 37.5 Å². The van der Waals surface area contributed by atoms with E-state index in [0.717, 1.165) is 49.1 Å². The summed E-state index contributed by atoms with van der Waals surface area (Å²) in [5, 5.41) is 0.410. The van der Waals surface area contributed by atoms with Gasteiger partial charge in [0.15, 0.2) is 16.7 Å². The minimum atomic E-state index is -0.943. The van der Waals surface area contributed by atoms with E-state index in [1.54, 1.807) is 12.3 Å². The second kappa shape index (κ2) is 10.9. The molecule has 0 spiro atoms. The first-order valence-corrected chi connectivity index (χ1v) is 17.1. The van der Waals surface area contributed by atoms with Crippen LogP contribution < -0.4 is 25.8 Å². The van der Waals surface area contributed by atoms with Crippen LogP contribution in [-0.4, -0.2) is 68.4 Å². The molecule has 1 saturated carbocycles. The molecule has 2 saturated heterocycles. The summed E-state index contributed by atoms with van der Waals surface area (Å²) in [6.07, 6.45) is 3.96. The van der Waals surface area contributed by atoms with E-state index >= 15 is 4.39 Å². The van der Waals surface area contributed by atoms with Gasteiger partial charge in [0.25, 0.3) is 0 Å². The van der Waals surface area contributed by atoms with Crippen molar-refractivity contribution in [3.63, 3.8) is 0 Å². The summed E-state index contributed by atoms with van der Waals surface area (Å²) in [5.74, 6) is -0.328. The lowest BCUT2D eigenvalue weighted by Crippen LogP contribution is -2.52. The maximum atomic E-state index is 17.2. The van der Waals surface area contributed by atoms with Gasteiger partial charge < -0.3 is 25.8 Å². The summed E-state index contributed by atoms with van der Waals surface area (Å²) < 4.78 is 59.7. The minimum absolute atomic E-state index is 0.00757. The number of ether oxygens (including phenoxy) is 2. The van der Waals surface area contributed by atoms with E-state index in [9.17, 15) is 8.78 Å². The van der Waals surface area contributed by atoms with E-state index in [2.05, 4.69) is 19.9 Å². The summed E-state index contributed by atoms with van der Waals surface area (Å²) in [6, 6.07) is 6.16. The van der Waals surface area contributed by atoms with Crippen molar-refractivity contribution in [1.29, 1.82) is 0 Å². The molecule has 0 amide bonds. The monoisotopic (exact) mass is 694 g/mol. The van der Waals surface area contributed by atoms with Gasteiger partial charge in [-0.25, -0.2) is 23.1 Å². The fourth-order valence-corrected chi connectivity index (χ4v) is 9.00. The number of benzene rings is 2. The molecule has 2 aromatic carbocycles. The third-order valence-corrected chi connectivity index (χ3v) is 11.6. The maximum Gasteiger partial charge on any atom is 0.319 e. The molecule has 48 heavy (non-hydrogen) atoms. The van der Waals surface area contributed by atoms with Gasteiger partial charge in [-0.3, -0.25) is 4.90 Å². The van der Waals surface area contributed by atoms with E-state index in [1.165, 1.54) is 12.1 Å². The Kier molecular flexibility index (Phi) is 6.83. The highest BCUT2D eigenvalue weighted by Crippen LogP contribution is 2.52. The highest BCUT2D eigenvalue weighted by molar-refractivity contribution is 7.22. The van der Waals surface area contributed by atoms with Crippen molar-refractivity contribution in [1.82, 2.24) is 24.8 Å². The molecule has 5 aromatic rings. The number of alkyl halides is 1. The molecule has 0 bridgehead atoms. The molecular weight excluding hydrogens is 665 g/mol. The Balaban J connectivity index is 1.26. The van der Waals surface area contributed by atoms with Gasteiger partial charge in [0.2, 0.25) is 0 Å². The molecule has 4 N–H and O–H groups in total. The van der Waals surface area contributed by atoms with Crippen molar-refractivity contribution < 1.29 is 22.6 Å². The summed E-state index contributed by atoms with van der Waals surface area (Å²) in [7, 11) is 0. The van der Waals surface area contributed by atoms with E-state index in [-0.39, 0.29) is 72.9 Å². The number of halogens is 4. The number of rotatable bonds is 6. The first kappa shape index (κ1) is 30.0. The van der Waals surface area contributed by atoms with Gasteiger partial charge in [0.1, 0.15) is 41.9 Å². The van der Waals surface area contributed by atoms with Crippen LogP contribution in [0.2, 0.25) is 5.02 Å². The molecule has 3 aliphatic heterocycles. The van der Waals surface area contributed by atoms with Crippen molar-refractivity contribution in [3.8, 4) is 22.9 Å². The van der Waals surface area contributed by atoms with Crippen LogP contribution in [0, 0.1) is 11.6 Å². The van der Waals surface area contributed by atoms with Crippen LogP contribution in [0.5, 0.6) is 11.8 Å². The second-order valence-corrected chi connectivity index (χ2v) is 14.5. The third-order valence-electron chi connectivity index (χ3n) is 10.3. The lowest BCUT2D eigenvalue weighted by atomic mass is 9.87. The average molecular weight is 695 g/mol. The van der Waals surface area contributed by atoms with Crippen LogP contribution in [-0.2, 0) is 6.54 Å². The van der Waals surface area contributed by atoms with E-state index in [1.807, 2.05) is 11.0 Å². The zero-order valence-electron chi connectivity index (χ0n) is 25.6. The van der Waals surface area contributed by atoms with Gasteiger partial charge in [-0.15, -0.1) is 0 Å². The Morgan fingerprint density at radius 3 is 2.81 bits per heavy atom. The molecule has 0 unspecified atom stereocenters. The van der Waals surface area contributed by atoms with Crippen LogP contribution in [0.1, 0.15) is 37.7 Å². The minimum Gasteiger partial charge on any atom is -0.486 e. The van der Waals surface area contributed by atoms with Gasteiger partial charge in [0, 0.05) is 42.4 Å². The van der Waals surface area contributed by atoms with Crippen LogP contribution in [0.15, 0.2) is 30.5 Å². The summed E-state index contributed by atoms with van der Waals surface area (Å²) in [4.78, 5) is 22.3. The Morgan fingerprint density at radius 2 is 2.00 bits per heavy atom. The Labute approximate surface area is 281 Å². The number of thiazole rings is 1. The molecule has 0 radical (unpaired) electrons. The van der Waals surface area contributed by atoms with Crippen molar-refractivity contribution in [2.45, 2.75) is 62.5 Å². The van der Waals surface area contributed by atoms with Gasteiger partial charge in [-0.05, 0) is 50.4 Å². The summed E-state index contributed by atoms with van der Waals surface area (Å²) in [5.41, 5.74) is 12.9. The Morgan fingerprint density at radius 1 is 1.12 bits per heavy atom. The SMILES string of the molecule is Nc1nc2c(-c3c(Cl)c4c5c(nc(OC[C@@]67CCCN6C[C@H](F)C7)nc5c3F)N(Cc3cccnc3N)[C@@H]3CC[C@H]3O4)ccc(F)c2s1. The van der Waals surface area contributed by atoms with Crippen LogP contribution >= 0.6 is 22.9 Å². The number of hydrogen-bond donors (Lipinski definition) is 2. The quantitative estimate of drug-likeness (QED) is 0.210. The topological polar surface area (TPSA) is 129 Å². The van der Waals surface area contributed by atoms with Crippen molar-refractivity contribution in [3.05, 3.63) is 52.7 Å². The normalized spacial score (nSPS) is 24.8. The zero-order chi connectivity index (χ0) is 32.9. The van der Waals surface area contributed by atoms with Crippen molar-refractivity contribution in [2.24, 2.45) is 0 Å². The molecule has 1 aliphatic carbocycles. The molecule has 248 valence electrons. The number of anilines is 3. The third kappa shape index (κ3) is 4.48. The molecule has 6 heterocycles. The van der Waals surface area contributed by atoms with Gasteiger partial charge in [-0.2, -0.15) is 9.97 Å². The number of pyridine rings is 1. The molecule has 4 atom stereocenters. The molecule has 10 nitrogen and oxygen atoms in total. The Bertz CT molecular complexity index is 2140. The molecule has 9 rings (SSSR count). The fourth-order valence-electron chi connectivity index (χ4n) is 7.91. The lowest BCUT2D eigenvalue weighted by molar-refractivity contribution is 0.0915. The first-order chi connectivity index (χ1) is 23.2. The van der Waals surface area contributed by atoms with Crippen LogP contribution in [0.4, 0.5) is 29.9 Å². The smallest absolute Gasteiger partial charge is 0.319 e. The van der Waals surface area contributed by atoms with E-state index in [0.29, 0.717) is 31.1 Å². The second-order valence-electron chi connectivity index (χ2n) is 13.1. The number of nitrogens with two attached hydrogens (primary N) is 2. The number of nitrogen functional groups attached to an aromatic ring is 2. The van der Waals surface area contributed by atoms with Gasteiger partial charge >= 0.3 is 6.01 Å². The summed E-state index contributed by atoms with van der Waals surface area (Å²) in [6.45, 7) is 1.62.